The summed E-state index contributed by atoms with van der Waals surface area (Å²) >= 11 is 0. The van der Waals surface area contributed by atoms with Gasteiger partial charge >= 0.3 is 6.18 Å². The highest BCUT2D eigenvalue weighted by atomic mass is 28.3. The Morgan fingerprint density at radius 1 is 0.818 bits per heavy atom. The van der Waals surface area contributed by atoms with Gasteiger partial charge in [-0.25, -0.2) is 0 Å². The molecule has 0 nitrogen and oxygen atoms in total. The van der Waals surface area contributed by atoms with Gasteiger partial charge in [-0.3, -0.25) is 0 Å². The Morgan fingerprint density at radius 3 is 2.27 bits per heavy atom. The summed E-state index contributed by atoms with van der Waals surface area (Å²) in [5.41, 5.74) is -0.574. The highest BCUT2D eigenvalue weighted by Crippen LogP contribution is 2.28. The Hall–Kier alpha value is -2.07. The van der Waals surface area contributed by atoms with Crippen LogP contribution in [0.3, 0.4) is 0 Å². The summed E-state index contributed by atoms with van der Waals surface area (Å²) < 4.78 is 38.7. The molecule has 0 atom stereocenters. The molecule has 0 spiro atoms. The first-order chi connectivity index (χ1) is 10.5. The first-order valence-corrected chi connectivity index (χ1v) is 8.96. The van der Waals surface area contributed by atoms with Gasteiger partial charge in [-0.05, 0) is 16.0 Å². The van der Waals surface area contributed by atoms with Gasteiger partial charge in [0.05, 0.1) is 5.56 Å². The number of hydrogen-bond donors (Lipinski definition) is 0. The van der Waals surface area contributed by atoms with Crippen LogP contribution in [0, 0.1) is 0 Å². The van der Waals surface area contributed by atoms with E-state index in [1.54, 1.807) is 6.07 Å². The quantitative estimate of drug-likeness (QED) is 0.625. The van der Waals surface area contributed by atoms with Crippen LogP contribution in [0.5, 0.6) is 0 Å². The SMILES string of the molecule is C[Si](c1cccc(C(F)(F)F)c1)c1cccc2ccccc12. The lowest BCUT2D eigenvalue weighted by Crippen LogP contribution is -2.40. The molecule has 0 saturated heterocycles. The lowest BCUT2D eigenvalue weighted by atomic mass is 10.1. The van der Waals surface area contributed by atoms with E-state index in [1.165, 1.54) is 12.1 Å². The molecular weight excluding hydrogens is 301 g/mol. The standard InChI is InChI=1S/C18H14F3Si/c1-22(15-9-5-8-14(12-15)18(19,20)21)17-11-4-7-13-6-2-3-10-16(13)17/h2-12H,1H3. The van der Waals surface area contributed by atoms with Gasteiger partial charge in [0.1, 0.15) is 8.80 Å². The summed E-state index contributed by atoms with van der Waals surface area (Å²) in [5.74, 6) is 0. The van der Waals surface area contributed by atoms with Gasteiger partial charge in [-0.1, -0.05) is 78.5 Å². The normalized spacial score (nSPS) is 12.0. The van der Waals surface area contributed by atoms with E-state index in [4.69, 9.17) is 0 Å². The molecule has 0 aliphatic rings. The predicted octanol–water partition coefficient (Wildman–Crippen LogP) is 4.10. The molecule has 0 heterocycles. The third-order valence-corrected chi connectivity index (χ3v) is 6.24. The molecular formula is C18H14F3Si. The third kappa shape index (κ3) is 2.79. The largest absolute Gasteiger partial charge is 0.416 e. The summed E-state index contributed by atoms with van der Waals surface area (Å²) in [5, 5.41) is 4.16. The van der Waals surface area contributed by atoms with Crippen LogP contribution in [0.25, 0.3) is 10.8 Å². The monoisotopic (exact) mass is 315 g/mol. The van der Waals surface area contributed by atoms with E-state index < -0.39 is 20.5 Å². The Balaban J connectivity index is 2.08. The van der Waals surface area contributed by atoms with E-state index in [9.17, 15) is 13.2 Å². The predicted molar refractivity (Wildman–Crippen MR) is 86.3 cm³/mol. The zero-order valence-electron chi connectivity index (χ0n) is 12.0. The van der Waals surface area contributed by atoms with Crippen molar-refractivity contribution in [2.45, 2.75) is 12.7 Å². The van der Waals surface area contributed by atoms with E-state index in [0.717, 1.165) is 27.2 Å². The molecule has 1 radical (unpaired) electrons. The second-order valence-corrected chi connectivity index (χ2v) is 7.60. The number of fused-ring (bicyclic) bond motifs is 1. The van der Waals surface area contributed by atoms with Gasteiger partial charge in [0.25, 0.3) is 0 Å². The minimum atomic E-state index is -4.29. The Kier molecular flexibility index (Phi) is 3.79. The molecule has 0 unspecified atom stereocenters. The van der Waals surface area contributed by atoms with E-state index in [0.29, 0.717) is 0 Å². The van der Waals surface area contributed by atoms with Crippen LogP contribution in [0.2, 0.25) is 6.55 Å². The number of hydrogen-bond acceptors (Lipinski definition) is 0. The van der Waals surface area contributed by atoms with Gasteiger partial charge in [0.2, 0.25) is 0 Å². The minimum Gasteiger partial charge on any atom is -0.166 e. The van der Waals surface area contributed by atoms with E-state index in [-0.39, 0.29) is 0 Å². The fourth-order valence-corrected chi connectivity index (χ4v) is 4.64. The average Bonchev–Trinajstić information content (AvgIpc) is 2.53. The van der Waals surface area contributed by atoms with Crippen LogP contribution in [0.1, 0.15) is 5.56 Å². The van der Waals surface area contributed by atoms with Crippen LogP contribution in [-0.2, 0) is 6.18 Å². The Labute approximate surface area is 128 Å². The third-order valence-electron chi connectivity index (χ3n) is 3.82. The highest BCUT2D eigenvalue weighted by Gasteiger charge is 2.31. The van der Waals surface area contributed by atoms with Crippen molar-refractivity contribution in [3.8, 4) is 0 Å². The molecule has 111 valence electrons. The van der Waals surface area contributed by atoms with E-state index >= 15 is 0 Å². The molecule has 0 N–H and O–H groups in total. The van der Waals surface area contributed by atoms with Crippen molar-refractivity contribution in [3.05, 3.63) is 72.3 Å². The van der Waals surface area contributed by atoms with Crippen LogP contribution in [-0.4, -0.2) is 8.80 Å². The van der Waals surface area contributed by atoms with Crippen LogP contribution in [0.15, 0.2) is 66.7 Å². The van der Waals surface area contributed by atoms with Crippen LogP contribution >= 0.6 is 0 Å². The van der Waals surface area contributed by atoms with Crippen molar-refractivity contribution < 1.29 is 13.2 Å². The highest BCUT2D eigenvalue weighted by molar-refractivity contribution is 6.85. The van der Waals surface area contributed by atoms with Gasteiger partial charge in [-0.15, -0.1) is 0 Å². The van der Waals surface area contributed by atoms with Gasteiger partial charge in [-0.2, -0.15) is 13.2 Å². The number of halogens is 3. The molecule has 3 aromatic carbocycles. The summed E-state index contributed by atoms with van der Waals surface area (Å²) in [7, 11) is -1.25. The lowest BCUT2D eigenvalue weighted by Gasteiger charge is -2.15. The van der Waals surface area contributed by atoms with Crippen molar-refractivity contribution in [1.82, 2.24) is 0 Å². The maximum absolute atomic E-state index is 12.9. The van der Waals surface area contributed by atoms with E-state index in [1.807, 2.05) is 49.0 Å². The fraction of sp³-hybridized carbons (Fsp3) is 0.111. The van der Waals surface area contributed by atoms with E-state index in [2.05, 4.69) is 0 Å². The lowest BCUT2D eigenvalue weighted by molar-refractivity contribution is -0.137. The number of rotatable bonds is 2. The zero-order valence-corrected chi connectivity index (χ0v) is 13.0. The van der Waals surface area contributed by atoms with Crippen molar-refractivity contribution in [2.24, 2.45) is 0 Å². The van der Waals surface area contributed by atoms with Gasteiger partial charge in [0.15, 0.2) is 0 Å². The molecule has 0 saturated carbocycles. The summed E-state index contributed by atoms with van der Waals surface area (Å²) in [6.45, 7) is 2.04. The zero-order chi connectivity index (χ0) is 15.7. The van der Waals surface area contributed by atoms with Crippen LogP contribution in [0.4, 0.5) is 13.2 Å². The Morgan fingerprint density at radius 2 is 1.50 bits per heavy atom. The molecule has 3 aromatic rings. The van der Waals surface area contributed by atoms with Crippen molar-refractivity contribution in [1.29, 1.82) is 0 Å². The average molecular weight is 315 g/mol. The van der Waals surface area contributed by atoms with Gasteiger partial charge < -0.3 is 0 Å². The molecule has 0 fully saturated rings. The van der Waals surface area contributed by atoms with Gasteiger partial charge in [0, 0.05) is 0 Å². The number of benzene rings is 3. The smallest absolute Gasteiger partial charge is 0.166 e. The molecule has 0 amide bonds. The first-order valence-electron chi connectivity index (χ1n) is 6.96. The molecule has 0 aliphatic carbocycles. The van der Waals surface area contributed by atoms with Crippen molar-refractivity contribution in [2.75, 3.05) is 0 Å². The van der Waals surface area contributed by atoms with Crippen molar-refractivity contribution in [3.63, 3.8) is 0 Å². The maximum atomic E-state index is 12.9. The summed E-state index contributed by atoms with van der Waals surface area (Å²) in [6.07, 6.45) is -4.29. The second-order valence-electron chi connectivity index (χ2n) is 5.23. The molecule has 22 heavy (non-hydrogen) atoms. The first kappa shape index (κ1) is 14.8. The van der Waals surface area contributed by atoms with Crippen molar-refractivity contribution >= 4 is 29.9 Å². The molecule has 3 rings (SSSR count). The number of alkyl halides is 3. The maximum Gasteiger partial charge on any atom is 0.416 e. The topological polar surface area (TPSA) is 0 Å². The fourth-order valence-electron chi connectivity index (χ4n) is 2.64. The van der Waals surface area contributed by atoms with Crippen LogP contribution < -0.4 is 10.4 Å². The summed E-state index contributed by atoms with van der Waals surface area (Å²) in [4.78, 5) is 0. The molecule has 4 heteroatoms. The summed E-state index contributed by atoms with van der Waals surface area (Å²) in [6, 6.07) is 19.7. The molecule has 0 aliphatic heterocycles. The second kappa shape index (κ2) is 5.61. The molecule has 0 aromatic heterocycles. The minimum absolute atomic E-state index is 0.574. The Bertz CT molecular complexity index is 803. The molecule has 0 bridgehead atoms.